The van der Waals surface area contributed by atoms with Crippen LogP contribution in [0, 0.1) is 17.1 Å². The van der Waals surface area contributed by atoms with Crippen molar-refractivity contribution in [2.45, 2.75) is 5.92 Å². The van der Waals surface area contributed by atoms with Crippen molar-refractivity contribution < 1.29 is 4.39 Å². The minimum atomic E-state index is -0.803. The molecule has 0 bridgehead atoms. The van der Waals surface area contributed by atoms with E-state index in [1.807, 2.05) is 6.07 Å². The lowest BCUT2D eigenvalue weighted by atomic mass is 9.97. The first-order valence-electron chi connectivity index (χ1n) is 4.83. The van der Waals surface area contributed by atoms with E-state index in [1.165, 1.54) is 36.8 Å². The van der Waals surface area contributed by atoms with E-state index in [4.69, 9.17) is 16.9 Å². The summed E-state index contributed by atoms with van der Waals surface area (Å²) in [5, 5.41) is 9.50. The first-order valence-corrected chi connectivity index (χ1v) is 5.20. The monoisotopic (exact) mass is 247 g/mol. The lowest BCUT2D eigenvalue weighted by Gasteiger charge is -2.09. The van der Waals surface area contributed by atoms with Crippen molar-refractivity contribution in [1.29, 1.82) is 5.26 Å². The predicted molar refractivity (Wildman–Crippen MR) is 60.9 cm³/mol. The van der Waals surface area contributed by atoms with Crippen LogP contribution in [-0.4, -0.2) is 9.97 Å². The molecular weight excluding hydrogens is 241 g/mol. The van der Waals surface area contributed by atoms with Gasteiger partial charge >= 0.3 is 0 Å². The zero-order valence-corrected chi connectivity index (χ0v) is 9.39. The van der Waals surface area contributed by atoms with Crippen LogP contribution in [0.5, 0.6) is 0 Å². The highest BCUT2D eigenvalue weighted by molar-refractivity contribution is 6.30. The molecule has 0 spiro atoms. The van der Waals surface area contributed by atoms with Crippen molar-refractivity contribution in [3.63, 3.8) is 0 Å². The Morgan fingerprint density at radius 3 is 2.82 bits per heavy atom. The summed E-state index contributed by atoms with van der Waals surface area (Å²) < 4.78 is 13.6. The minimum Gasteiger partial charge on any atom is -0.261 e. The van der Waals surface area contributed by atoms with Crippen LogP contribution in [0.1, 0.15) is 17.2 Å². The fourth-order valence-electron chi connectivity index (χ4n) is 1.49. The average molecular weight is 248 g/mol. The smallest absolute Gasteiger partial charge is 0.128 e. The zero-order valence-electron chi connectivity index (χ0n) is 8.64. The van der Waals surface area contributed by atoms with Gasteiger partial charge < -0.3 is 0 Å². The second-order valence-electron chi connectivity index (χ2n) is 3.36. The van der Waals surface area contributed by atoms with E-state index < -0.39 is 11.7 Å². The highest BCUT2D eigenvalue weighted by Gasteiger charge is 2.19. The molecule has 2 rings (SSSR count). The fourth-order valence-corrected chi connectivity index (χ4v) is 1.67. The van der Waals surface area contributed by atoms with Crippen molar-refractivity contribution in [2.75, 3.05) is 0 Å². The van der Waals surface area contributed by atoms with Crippen molar-refractivity contribution in [3.05, 3.63) is 58.9 Å². The molecule has 0 fully saturated rings. The molecule has 0 aliphatic heterocycles. The molecule has 0 saturated heterocycles. The molecule has 1 unspecified atom stereocenters. The van der Waals surface area contributed by atoms with Gasteiger partial charge in [0.05, 0.1) is 18.0 Å². The number of hydrogen-bond acceptors (Lipinski definition) is 3. The Labute approximate surface area is 103 Å². The van der Waals surface area contributed by atoms with Gasteiger partial charge in [-0.1, -0.05) is 11.6 Å². The van der Waals surface area contributed by atoms with Gasteiger partial charge in [0, 0.05) is 23.0 Å². The average Bonchev–Trinajstić information content (AvgIpc) is 2.36. The molecule has 1 aromatic heterocycles. The number of halogens is 2. The summed E-state index contributed by atoms with van der Waals surface area (Å²) >= 11 is 5.79. The third-order valence-corrected chi connectivity index (χ3v) is 2.51. The molecule has 17 heavy (non-hydrogen) atoms. The Balaban J connectivity index is 2.51. The lowest BCUT2D eigenvalue weighted by molar-refractivity contribution is 0.607. The Hall–Kier alpha value is -1.99. The van der Waals surface area contributed by atoms with Gasteiger partial charge in [0.2, 0.25) is 0 Å². The van der Waals surface area contributed by atoms with E-state index in [-0.39, 0.29) is 5.56 Å². The maximum absolute atomic E-state index is 13.6. The van der Waals surface area contributed by atoms with Crippen LogP contribution >= 0.6 is 11.6 Å². The van der Waals surface area contributed by atoms with E-state index in [0.717, 1.165) is 0 Å². The largest absolute Gasteiger partial charge is 0.261 e. The highest BCUT2D eigenvalue weighted by Crippen LogP contribution is 2.26. The zero-order chi connectivity index (χ0) is 12.3. The Kier molecular flexibility index (Phi) is 3.31. The molecule has 0 saturated carbocycles. The summed E-state index contributed by atoms with van der Waals surface area (Å²) in [6.07, 6.45) is 4.39. The summed E-state index contributed by atoms with van der Waals surface area (Å²) in [6.45, 7) is 0. The number of rotatable bonds is 2. The molecule has 1 aromatic carbocycles. The maximum atomic E-state index is 13.6. The molecule has 0 N–H and O–H groups in total. The number of aromatic nitrogens is 2. The van der Waals surface area contributed by atoms with Crippen LogP contribution in [0.25, 0.3) is 0 Å². The van der Waals surface area contributed by atoms with Gasteiger partial charge in [-0.15, -0.1) is 0 Å². The van der Waals surface area contributed by atoms with E-state index >= 15 is 0 Å². The van der Waals surface area contributed by atoms with Crippen molar-refractivity contribution >= 4 is 11.6 Å². The van der Waals surface area contributed by atoms with Gasteiger partial charge in [-0.2, -0.15) is 5.26 Å². The molecule has 3 nitrogen and oxygen atoms in total. The first-order chi connectivity index (χ1) is 8.22. The minimum absolute atomic E-state index is 0.209. The number of hydrogen-bond donors (Lipinski definition) is 0. The number of nitrogens with zero attached hydrogens (tertiary/aromatic N) is 3. The van der Waals surface area contributed by atoms with Crippen LogP contribution in [-0.2, 0) is 0 Å². The molecule has 5 heteroatoms. The van der Waals surface area contributed by atoms with Crippen molar-refractivity contribution in [1.82, 2.24) is 9.97 Å². The van der Waals surface area contributed by atoms with Gasteiger partial charge in [-0.25, -0.2) is 4.39 Å². The van der Waals surface area contributed by atoms with Crippen molar-refractivity contribution in [3.8, 4) is 6.07 Å². The molecule has 2 aromatic rings. The van der Waals surface area contributed by atoms with Gasteiger partial charge in [0.1, 0.15) is 11.7 Å². The summed E-state index contributed by atoms with van der Waals surface area (Å²) in [5.74, 6) is -1.28. The number of nitriles is 1. The Morgan fingerprint density at radius 2 is 2.18 bits per heavy atom. The summed E-state index contributed by atoms with van der Waals surface area (Å²) in [5.41, 5.74) is 0.608. The van der Waals surface area contributed by atoms with E-state index in [0.29, 0.717) is 10.7 Å². The van der Waals surface area contributed by atoms with Crippen molar-refractivity contribution in [2.24, 2.45) is 0 Å². The van der Waals surface area contributed by atoms with Crippen LogP contribution in [0.15, 0.2) is 36.8 Å². The van der Waals surface area contributed by atoms with Crippen LogP contribution in [0.4, 0.5) is 4.39 Å². The Bertz CT molecular complexity index is 566. The summed E-state index contributed by atoms with van der Waals surface area (Å²) in [4.78, 5) is 7.86. The van der Waals surface area contributed by atoms with Gasteiger partial charge in [0.15, 0.2) is 0 Å². The van der Waals surface area contributed by atoms with E-state index in [1.54, 1.807) is 0 Å². The first kappa shape index (κ1) is 11.5. The molecule has 0 radical (unpaired) electrons. The van der Waals surface area contributed by atoms with Gasteiger partial charge in [-0.3, -0.25) is 9.97 Å². The third-order valence-electron chi connectivity index (χ3n) is 2.28. The molecule has 0 aliphatic rings. The molecule has 1 heterocycles. The fraction of sp³-hybridized carbons (Fsp3) is 0.0833. The van der Waals surface area contributed by atoms with Crippen LogP contribution in [0.3, 0.4) is 0 Å². The molecule has 0 amide bonds. The quantitative estimate of drug-likeness (QED) is 0.820. The maximum Gasteiger partial charge on any atom is 0.128 e. The third kappa shape index (κ3) is 2.40. The summed E-state index contributed by atoms with van der Waals surface area (Å²) in [7, 11) is 0. The molecule has 84 valence electrons. The van der Waals surface area contributed by atoms with E-state index in [2.05, 4.69) is 9.97 Å². The normalized spacial score (nSPS) is 11.8. The van der Waals surface area contributed by atoms with Gasteiger partial charge in [-0.05, 0) is 18.2 Å². The standard InChI is InChI=1S/C12H7ClFN3/c13-8-1-2-11(14)9(5-8)10(6-15)12-7-16-3-4-17-12/h1-5,7,10H. The second kappa shape index (κ2) is 4.89. The molecule has 0 aliphatic carbocycles. The Morgan fingerprint density at radius 1 is 1.35 bits per heavy atom. The predicted octanol–water partition coefficient (Wildman–Crippen LogP) is 2.92. The van der Waals surface area contributed by atoms with E-state index in [9.17, 15) is 4.39 Å². The SMILES string of the molecule is N#CC(c1cnccn1)c1cc(Cl)ccc1F. The summed E-state index contributed by atoms with van der Waals surface area (Å²) in [6, 6.07) is 6.10. The second-order valence-corrected chi connectivity index (χ2v) is 3.79. The van der Waals surface area contributed by atoms with Gasteiger partial charge in [0.25, 0.3) is 0 Å². The molecular formula is C12H7ClFN3. The van der Waals surface area contributed by atoms with Crippen LogP contribution in [0.2, 0.25) is 5.02 Å². The lowest BCUT2D eigenvalue weighted by Crippen LogP contribution is -2.04. The van der Waals surface area contributed by atoms with Crippen LogP contribution < -0.4 is 0 Å². The molecule has 1 atom stereocenters. The topological polar surface area (TPSA) is 49.6 Å². The number of benzene rings is 1. The highest BCUT2D eigenvalue weighted by atomic mass is 35.5.